The summed E-state index contributed by atoms with van der Waals surface area (Å²) in [5, 5.41) is 16.7. The van der Waals surface area contributed by atoms with Crippen LogP contribution in [0, 0.1) is 0 Å². The minimum absolute atomic E-state index is 0.605. The fourth-order valence-corrected chi connectivity index (χ4v) is 3.98. The van der Waals surface area contributed by atoms with Crippen molar-refractivity contribution in [2.24, 2.45) is 4.99 Å². The van der Waals surface area contributed by atoms with Gasteiger partial charge in [0, 0.05) is 32.6 Å². The van der Waals surface area contributed by atoms with Crippen LogP contribution in [0.15, 0.2) is 10.1 Å². The Labute approximate surface area is 156 Å². The van der Waals surface area contributed by atoms with E-state index in [9.17, 15) is 0 Å². The van der Waals surface area contributed by atoms with Gasteiger partial charge in [0.25, 0.3) is 0 Å². The van der Waals surface area contributed by atoms with Crippen molar-refractivity contribution in [3.63, 3.8) is 0 Å². The molecule has 25 heavy (non-hydrogen) atoms. The van der Waals surface area contributed by atoms with Crippen molar-refractivity contribution in [1.82, 2.24) is 25.4 Å². The Morgan fingerprint density at radius 3 is 2.52 bits per heavy atom. The summed E-state index contributed by atoms with van der Waals surface area (Å²) in [6.07, 6.45) is 13.0. The minimum Gasteiger partial charge on any atom is -0.356 e. The van der Waals surface area contributed by atoms with E-state index in [1.54, 1.807) is 11.8 Å². The van der Waals surface area contributed by atoms with Gasteiger partial charge in [0.15, 0.2) is 11.1 Å². The zero-order valence-electron chi connectivity index (χ0n) is 16.1. The summed E-state index contributed by atoms with van der Waals surface area (Å²) in [5.41, 5.74) is 0. The van der Waals surface area contributed by atoms with Crippen molar-refractivity contribution in [3.05, 3.63) is 5.82 Å². The van der Waals surface area contributed by atoms with Crippen molar-refractivity contribution in [3.8, 4) is 0 Å². The summed E-state index contributed by atoms with van der Waals surface area (Å²) in [6, 6.07) is 0.605. The quantitative estimate of drug-likeness (QED) is 0.287. The molecule has 0 aliphatic heterocycles. The lowest BCUT2D eigenvalue weighted by molar-refractivity contribution is 0.460. The summed E-state index contributed by atoms with van der Waals surface area (Å²) < 4.78 is 2.40. The number of hydrogen-bond donors (Lipinski definition) is 2. The zero-order valence-corrected chi connectivity index (χ0v) is 16.9. The van der Waals surface area contributed by atoms with Crippen molar-refractivity contribution in [2.75, 3.05) is 26.4 Å². The first-order valence-electron chi connectivity index (χ1n) is 9.72. The normalized spacial score (nSPS) is 15.7. The van der Waals surface area contributed by atoms with E-state index in [0.717, 1.165) is 42.9 Å². The molecular weight excluding hydrogens is 332 g/mol. The highest BCUT2D eigenvalue weighted by atomic mass is 32.2. The van der Waals surface area contributed by atoms with Gasteiger partial charge in [-0.25, -0.2) is 0 Å². The molecule has 0 bridgehead atoms. The maximum absolute atomic E-state index is 4.46. The van der Waals surface area contributed by atoms with Crippen LogP contribution in [0.25, 0.3) is 0 Å². The van der Waals surface area contributed by atoms with Gasteiger partial charge in [-0.2, -0.15) is 0 Å². The lowest BCUT2D eigenvalue weighted by atomic mass is 10.2. The highest BCUT2D eigenvalue weighted by Crippen LogP contribution is 2.33. The summed E-state index contributed by atoms with van der Waals surface area (Å²) in [6.45, 7) is 4.11. The van der Waals surface area contributed by atoms with E-state index in [1.165, 1.54) is 44.9 Å². The number of unbranched alkanes of at least 4 members (excludes halogenated alkanes) is 2. The van der Waals surface area contributed by atoms with Crippen molar-refractivity contribution in [2.45, 2.75) is 75.9 Å². The van der Waals surface area contributed by atoms with Gasteiger partial charge >= 0.3 is 0 Å². The molecule has 2 rings (SSSR count). The number of nitrogens with zero attached hydrogens (tertiary/aromatic N) is 4. The number of rotatable bonds is 10. The second-order valence-electron chi connectivity index (χ2n) is 6.65. The number of guanidine groups is 1. The van der Waals surface area contributed by atoms with Crippen molar-refractivity contribution < 1.29 is 0 Å². The average Bonchev–Trinajstić information content (AvgIpc) is 3.29. The number of nitrogens with one attached hydrogen (secondary N) is 2. The Morgan fingerprint density at radius 2 is 1.88 bits per heavy atom. The van der Waals surface area contributed by atoms with Crippen LogP contribution in [-0.2, 0) is 6.42 Å². The number of aromatic nitrogens is 3. The van der Waals surface area contributed by atoms with Crippen LogP contribution in [0.3, 0.4) is 0 Å². The van der Waals surface area contributed by atoms with Crippen LogP contribution in [0.2, 0.25) is 0 Å². The van der Waals surface area contributed by atoms with Crippen LogP contribution in [0.5, 0.6) is 0 Å². The molecule has 0 spiro atoms. The molecule has 1 aliphatic rings. The van der Waals surface area contributed by atoms with Gasteiger partial charge in [-0.3, -0.25) is 4.99 Å². The first kappa shape index (κ1) is 20.1. The molecule has 0 radical (unpaired) electrons. The first-order chi connectivity index (χ1) is 12.3. The Hall–Kier alpha value is -1.24. The molecule has 0 unspecified atom stereocenters. The van der Waals surface area contributed by atoms with Crippen LogP contribution < -0.4 is 10.6 Å². The Bertz CT molecular complexity index is 522. The zero-order chi connectivity index (χ0) is 17.9. The summed E-state index contributed by atoms with van der Waals surface area (Å²) in [7, 11) is 1.83. The second kappa shape index (κ2) is 11.4. The molecule has 0 amide bonds. The van der Waals surface area contributed by atoms with Crippen LogP contribution in [-0.4, -0.2) is 47.1 Å². The van der Waals surface area contributed by atoms with Crippen molar-refractivity contribution in [1.29, 1.82) is 0 Å². The van der Waals surface area contributed by atoms with E-state index in [4.69, 9.17) is 0 Å². The van der Waals surface area contributed by atoms with Crippen LogP contribution in [0.1, 0.15) is 70.2 Å². The smallest absolute Gasteiger partial charge is 0.191 e. The molecule has 1 heterocycles. The van der Waals surface area contributed by atoms with Gasteiger partial charge < -0.3 is 15.2 Å². The van der Waals surface area contributed by atoms with E-state index in [1.807, 2.05) is 7.05 Å². The molecule has 0 atom stereocenters. The molecule has 1 aromatic rings. The number of hydrogen-bond acceptors (Lipinski definition) is 4. The fourth-order valence-electron chi connectivity index (χ4n) is 3.40. The Kier molecular flexibility index (Phi) is 9.15. The molecule has 1 fully saturated rings. The number of thioether (sulfide) groups is 1. The van der Waals surface area contributed by atoms with Gasteiger partial charge in [0.05, 0.1) is 0 Å². The van der Waals surface area contributed by atoms with Gasteiger partial charge in [-0.1, -0.05) is 44.4 Å². The minimum atomic E-state index is 0.605. The van der Waals surface area contributed by atoms with Gasteiger partial charge in [0.1, 0.15) is 5.82 Å². The van der Waals surface area contributed by atoms with E-state index in [0.29, 0.717) is 6.04 Å². The average molecular weight is 367 g/mol. The van der Waals surface area contributed by atoms with Crippen molar-refractivity contribution >= 4 is 17.7 Å². The Balaban J connectivity index is 1.76. The van der Waals surface area contributed by atoms with E-state index >= 15 is 0 Å². The number of aliphatic imine (C=N–C) groups is 1. The standard InChI is InChI=1S/C18H34N6S/c1-4-5-8-13-20-17(19-2)21-14-9-12-16-22-23-18(25-3)24(16)15-10-6-7-11-15/h15H,4-14H2,1-3H3,(H2,19,20,21). The molecule has 0 aromatic carbocycles. The first-order valence-corrected chi connectivity index (χ1v) is 10.9. The molecule has 1 saturated carbocycles. The molecule has 2 N–H and O–H groups in total. The lowest BCUT2D eigenvalue weighted by Gasteiger charge is -2.16. The maximum Gasteiger partial charge on any atom is 0.191 e. The molecule has 1 aromatic heterocycles. The maximum atomic E-state index is 4.46. The summed E-state index contributed by atoms with van der Waals surface area (Å²) in [4.78, 5) is 4.29. The highest BCUT2D eigenvalue weighted by Gasteiger charge is 2.23. The second-order valence-corrected chi connectivity index (χ2v) is 7.42. The monoisotopic (exact) mass is 366 g/mol. The fraction of sp³-hybridized carbons (Fsp3) is 0.833. The third-order valence-corrected chi connectivity index (χ3v) is 5.42. The predicted octanol–water partition coefficient (Wildman–Crippen LogP) is 3.40. The van der Waals surface area contributed by atoms with Gasteiger partial charge in [-0.15, -0.1) is 10.2 Å². The van der Waals surface area contributed by atoms with Crippen LogP contribution in [0.4, 0.5) is 0 Å². The molecular formula is C18H34N6S. The molecule has 1 aliphatic carbocycles. The van der Waals surface area contributed by atoms with Crippen LogP contribution >= 0.6 is 11.8 Å². The molecule has 142 valence electrons. The summed E-state index contributed by atoms with van der Waals surface area (Å²) >= 11 is 1.71. The van der Waals surface area contributed by atoms with Gasteiger partial charge in [0.2, 0.25) is 0 Å². The molecule has 7 heteroatoms. The van der Waals surface area contributed by atoms with Gasteiger partial charge in [-0.05, 0) is 31.9 Å². The van der Waals surface area contributed by atoms with E-state index in [-0.39, 0.29) is 0 Å². The van der Waals surface area contributed by atoms with E-state index < -0.39 is 0 Å². The Morgan fingerprint density at radius 1 is 1.16 bits per heavy atom. The largest absolute Gasteiger partial charge is 0.356 e. The molecule has 0 saturated heterocycles. The molecule has 6 nitrogen and oxygen atoms in total. The predicted molar refractivity (Wildman–Crippen MR) is 107 cm³/mol. The third kappa shape index (κ3) is 6.20. The topological polar surface area (TPSA) is 67.1 Å². The van der Waals surface area contributed by atoms with E-state index in [2.05, 4.69) is 43.6 Å². The lowest BCUT2D eigenvalue weighted by Crippen LogP contribution is -2.38. The summed E-state index contributed by atoms with van der Waals surface area (Å²) in [5.74, 6) is 2.04. The third-order valence-electron chi connectivity index (χ3n) is 4.77. The highest BCUT2D eigenvalue weighted by molar-refractivity contribution is 7.98. The number of aryl methyl sites for hydroxylation is 1. The SMILES string of the molecule is CCCCCNC(=NC)NCCCc1nnc(SC)n1C1CCCC1.